The number of aromatic nitrogens is 2. The summed E-state index contributed by atoms with van der Waals surface area (Å²) in [5.41, 5.74) is 15.7. The quantitative estimate of drug-likeness (QED) is 0.185. The molecule has 0 aliphatic heterocycles. The minimum absolute atomic E-state index is 0.169. The van der Waals surface area contributed by atoms with E-state index >= 15 is 0 Å². The molecule has 3 aliphatic rings. The predicted octanol–water partition coefficient (Wildman–Crippen LogP) is 9.54. The summed E-state index contributed by atoms with van der Waals surface area (Å²) in [6.07, 6.45) is 42.7. The molecule has 0 radical (unpaired) electrons. The Morgan fingerprint density at radius 1 is 0.961 bits per heavy atom. The molecular formula is C44H68N6O. The molecule has 7 heteroatoms. The average Bonchev–Trinajstić information content (AvgIpc) is 3.56. The van der Waals surface area contributed by atoms with Crippen LogP contribution in [-0.2, 0) is 17.8 Å². The number of hydrogen-bond donors (Lipinski definition) is 4. The van der Waals surface area contributed by atoms with Crippen LogP contribution < -0.4 is 22.1 Å². The number of carbonyl (C=O) groups is 1. The number of nitrogens with two attached hydrogens (primary N) is 2. The van der Waals surface area contributed by atoms with Crippen molar-refractivity contribution in [1.82, 2.24) is 15.1 Å². The van der Waals surface area contributed by atoms with Crippen molar-refractivity contribution in [2.45, 2.75) is 130 Å². The Bertz CT molecular complexity index is 1320. The number of amides is 1. The predicted molar refractivity (Wildman–Crippen MR) is 221 cm³/mol. The zero-order valence-electron chi connectivity index (χ0n) is 32.1. The average molecular weight is 697 g/mol. The number of rotatable bonds is 10. The topological polar surface area (TPSA) is 111 Å². The molecule has 3 aliphatic carbocycles. The Hall–Kier alpha value is -4.46. The lowest BCUT2D eigenvalue weighted by Crippen LogP contribution is -2.31. The third-order valence-electron chi connectivity index (χ3n) is 8.73. The summed E-state index contributed by atoms with van der Waals surface area (Å²) in [4.78, 5) is 11.1. The summed E-state index contributed by atoms with van der Waals surface area (Å²) in [6, 6.07) is 13.1. The van der Waals surface area contributed by atoms with E-state index in [0.717, 1.165) is 18.2 Å². The number of allylic oxidation sites excluding steroid dienone is 5. The van der Waals surface area contributed by atoms with Crippen LogP contribution in [0.3, 0.4) is 0 Å². The maximum absolute atomic E-state index is 11.1. The van der Waals surface area contributed by atoms with E-state index in [9.17, 15) is 4.79 Å². The highest BCUT2D eigenvalue weighted by atomic mass is 16.1. The monoisotopic (exact) mass is 697 g/mol. The summed E-state index contributed by atoms with van der Waals surface area (Å²) in [5, 5.41) is 10.5. The van der Waals surface area contributed by atoms with Gasteiger partial charge in [0.15, 0.2) is 5.82 Å². The SMILES string of the molecule is C#C.C#C.C=C(Cn1nc(NC(C)=O)cc1C(=C)N)NC1CCCCC1.CCC1=CC=CCC1.CCN.c1ccc(CCC2CCCCC2)cc1. The van der Waals surface area contributed by atoms with Gasteiger partial charge < -0.3 is 22.1 Å². The van der Waals surface area contributed by atoms with Crippen molar-refractivity contribution in [3.05, 3.63) is 90.3 Å². The maximum Gasteiger partial charge on any atom is 0.222 e. The van der Waals surface area contributed by atoms with E-state index in [0.29, 0.717) is 29.8 Å². The summed E-state index contributed by atoms with van der Waals surface area (Å²) in [6.45, 7) is 14.7. The first-order chi connectivity index (χ1) is 24.7. The van der Waals surface area contributed by atoms with E-state index in [4.69, 9.17) is 11.5 Å². The molecule has 1 aromatic carbocycles. The molecule has 1 amide bonds. The first-order valence-corrected chi connectivity index (χ1v) is 18.7. The molecular weight excluding hydrogens is 629 g/mol. The zero-order valence-corrected chi connectivity index (χ0v) is 32.1. The van der Waals surface area contributed by atoms with Gasteiger partial charge in [-0.25, -0.2) is 0 Å². The maximum atomic E-state index is 11.1. The summed E-state index contributed by atoms with van der Waals surface area (Å²) >= 11 is 0. The molecule has 0 spiro atoms. The summed E-state index contributed by atoms with van der Waals surface area (Å²) in [7, 11) is 0. The number of aryl methyl sites for hydroxylation is 1. The van der Waals surface area contributed by atoms with Crippen molar-refractivity contribution in [2.24, 2.45) is 17.4 Å². The third-order valence-corrected chi connectivity index (χ3v) is 8.73. The highest BCUT2D eigenvalue weighted by molar-refractivity contribution is 5.88. The second kappa shape index (κ2) is 30.4. The molecule has 0 bridgehead atoms. The van der Waals surface area contributed by atoms with Gasteiger partial charge in [0.1, 0.15) is 0 Å². The van der Waals surface area contributed by atoms with Gasteiger partial charge >= 0.3 is 0 Å². The second-order valence-corrected chi connectivity index (χ2v) is 12.9. The highest BCUT2D eigenvalue weighted by Gasteiger charge is 2.16. The Kier molecular flexibility index (Phi) is 27.7. The van der Waals surface area contributed by atoms with Crippen LogP contribution in [-0.4, -0.2) is 28.3 Å². The lowest BCUT2D eigenvalue weighted by Gasteiger charge is -2.25. The lowest BCUT2D eigenvalue weighted by atomic mass is 9.85. The summed E-state index contributed by atoms with van der Waals surface area (Å²) in [5.74, 6) is 1.32. The first-order valence-electron chi connectivity index (χ1n) is 18.7. The van der Waals surface area contributed by atoms with Gasteiger partial charge in [-0.3, -0.25) is 9.48 Å². The van der Waals surface area contributed by atoms with Gasteiger partial charge in [0.25, 0.3) is 0 Å². The normalized spacial score (nSPS) is 14.9. The third kappa shape index (κ3) is 22.1. The number of carbonyl (C=O) groups excluding carboxylic acids is 1. The molecule has 7 nitrogen and oxygen atoms in total. The zero-order chi connectivity index (χ0) is 38.3. The molecule has 5 rings (SSSR count). The van der Waals surface area contributed by atoms with Crippen LogP contribution in [0.2, 0.25) is 0 Å². The molecule has 0 atom stereocenters. The molecule has 2 fully saturated rings. The van der Waals surface area contributed by atoms with Gasteiger partial charge in [-0.2, -0.15) is 5.10 Å². The van der Waals surface area contributed by atoms with E-state index in [-0.39, 0.29) is 5.91 Å². The minimum Gasteiger partial charge on any atom is -0.397 e. The minimum atomic E-state index is -0.169. The van der Waals surface area contributed by atoms with E-state index in [1.54, 1.807) is 16.3 Å². The van der Waals surface area contributed by atoms with Crippen LogP contribution in [0.5, 0.6) is 0 Å². The number of hydrogen-bond acceptors (Lipinski definition) is 5. The molecule has 51 heavy (non-hydrogen) atoms. The molecule has 1 aromatic heterocycles. The van der Waals surface area contributed by atoms with E-state index in [1.807, 2.05) is 6.92 Å². The fourth-order valence-electron chi connectivity index (χ4n) is 6.24. The van der Waals surface area contributed by atoms with Gasteiger partial charge in [-0.1, -0.05) is 133 Å². The highest BCUT2D eigenvalue weighted by Crippen LogP contribution is 2.27. The Morgan fingerprint density at radius 2 is 1.55 bits per heavy atom. The molecule has 0 unspecified atom stereocenters. The van der Waals surface area contributed by atoms with Crippen molar-refractivity contribution < 1.29 is 4.79 Å². The second-order valence-electron chi connectivity index (χ2n) is 12.9. The van der Waals surface area contributed by atoms with Crippen molar-refractivity contribution in [3.63, 3.8) is 0 Å². The molecule has 1 heterocycles. The lowest BCUT2D eigenvalue weighted by molar-refractivity contribution is -0.114. The summed E-state index contributed by atoms with van der Waals surface area (Å²) < 4.78 is 1.71. The molecule has 6 N–H and O–H groups in total. The molecule has 2 saturated carbocycles. The van der Waals surface area contributed by atoms with Gasteiger partial charge in [-0.15, -0.1) is 25.7 Å². The fourth-order valence-corrected chi connectivity index (χ4v) is 6.24. The molecule has 0 saturated heterocycles. The number of benzene rings is 1. The van der Waals surface area contributed by atoms with Crippen molar-refractivity contribution >= 4 is 17.4 Å². The standard InChI is InChI=1S/C16H25N5O.C14H20.C8H12.C2H7N.2C2H2/c1-11(18-14-7-5-4-6-8-14)10-21-15(12(2)17)9-16(20-21)19-13(3)22;1-3-7-13(8-4-1)11-12-14-9-5-2-6-10-14;1-2-8-6-4-3-5-7-8;1-2-3;2*1-2/h9,14,18H,1-2,4-8,10,17H2,3H3,(H,19,20,22);1,3-4,7-8,14H,2,5-6,9-12H2;3-4,6H,2,5,7H2,1H3;2-3H2,1H3;2*1-2H. The first kappa shape index (κ1) is 46.5. The number of nitrogens with zero attached hydrogens (tertiary/aromatic N) is 2. The van der Waals surface area contributed by atoms with Crippen LogP contribution in [0.4, 0.5) is 5.82 Å². The van der Waals surface area contributed by atoms with Gasteiger partial charge in [0, 0.05) is 30.4 Å². The molecule has 280 valence electrons. The number of nitrogens with one attached hydrogen (secondary N) is 2. The Morgan fingerprint density at radius 3 is 2.04 bits per heavy atom. The van der Waals surface area contributed by atoms with Gasteiger partial charge in [0.05, 0.1) is 12.2 Å². The smallest absolute Gasteiger partial charge is 0.222 e. The van der Waals surface area contributed by atoms with Crippen molar-refractivity contribution in [3.8, 4) is 25.7 Å². The van der Waals surface area contributed by atoms with Crippen LogP contribution in [0, 0.1) is 31.6 Å². The Labute approximate surface area is 311 Å². The van der Waals surface area contributed by atoms with E-state index in [1.165, 1.54) is 109 Å². The molecule has 2 aromatic rings. The van der Waals surface area contributed by atoms with Gasteiger partial charge in [-0.05, 0) is 63.0 Å². The van der Waals surface area contributed by atoms with Crippen molar-refractivity contribution in [2.75, 3.05) is 11.9 Å². The van der Waals surface area contributed by atoms with E-state index < -0.39 is 0 Å². The van der Waals surface area contributed by atoms with Crippen LogP contribution in [0.25, 0.3) is 5.70 Å². The number of terminal acetylenes is 2. The van der Waals surface area contributed by atoms with E-state index in [2.05, 4.69) is 110 Å². The van der Waals surface area contributed by atoms with Crippen LogP contribution >= 0.6 is 0 Å². The van der Waals surface area contributed by atoms with Crippen LogP contribution in [0.15, 0.2) is 79.1 Å². The fraction of sp³-hybridized carbons (Fsp3) is 0.500. The van der Waals surface area contributed by atoms with Crippen LogP contribution in [0.1, 0.15) is 122 Å². The number of anilines is 1. The van der Waals surface area contributed by atoms with Crippen molar-refractivity contribution in [1.29, 1.82) is 0 Å². The largest absolute Gasteiger partial charge is 0.397 e. The van der Waals surface area contributed by atoms with Gasteiger partial charge in [0.2, 0.25) is 5.91 Å². The Balaban J connectivity index is 0.000000734.